The van der Waals surface area contributed by atoms with Crippen molar-refractivity contribution >= 4 is 76.0 Å². The summed E-state index contributed by atoms with van der Waals surface area (Å²) in [4.78, 5) is 61.6. The van der Waals surface area contributed by atoms with Crippen LogP contribution in [0, 0.1) is 27.8 Å². The van der Waals surface area contributed by atoms with E-state index in [1.807, 2.05) is 38.4 Å². The summed E-state index contributed by atoms with van der Waals surface area (Å²) in [5.74, 6) is 8.22. The molecular formula is C42H53IN12O8S2. The zero-order chi connectivity index (χ0) is 48.6. The number of hydrogen-bond acceptors (Lipinski definition) is 14. The number of aromatic nitrogens is 8. The van der Waals surface area contributed by atoms with Gasteiger partial charge in [-0.15, -0.1) is 6.42 Å². The van der Waals surface area contributed by atoms with Crippen LogP contribution in [0.2, 0.25) is 0 Å². The van der Waals surface area contributed by atoms with Crippen LogP contribution < -0.4 is 33.1 Å². The lowest BCUT2D eigenvalue weighted by atomic mass is 10.2. The van der Waals surface area contributed by atoms with Gasteiger partial charge in [0, 0.05) is 87.4 Å². The van der Waals surface area contributed by atoms with E-state index in [2.05, 4.69) is 109 Å². The molecule has 20 nitrogen and oxygen atoms in total. The molecule has 6 rings (SSSR count). The number of nitrogens with zero attached hydrogens (tertiary/aromatic N) is 10. The smallest absolute Gasteiger partial charge is 0.333 e. The average Bonchev–Trinajstić information content (AvgIpc) is 3.77. The number of imidazole rings is 2. The van der Waals surface area contributed by atoms with Gasteiger partial charge in [-0.25, -0.2) is 26.4 Å². The van der Waals surface area contributed by atoms with Crippen LogP contribution >= 0.6 is 22.6 Å². The molecule has 65 heavy (non-hydrogen) atoms. The number of terminal acetylenes is 1. The topological polar surface area (TPSA) is 222 Å². The van der Waals surface area contributed by atoms with Crippen molar-refractivity contribution in [3.63, 3.8) is 0 Å². The molecule has 4 aromatic heterocycles. The molecule has 0 radical (unpaired) electrons. The van der Waals surface area contributed by atoms with Crippen molar-refractivity contribution in [3.05, 3.63) is 99.3 Å². The second kappa shape index (κ2) is 21.8. The zero-order valence-electron chi connectivity index (χ0n) is 37.9. The van der Waals surface area contributed by atoms with E-state index >= 15 is 0 Å². The predicted octanol–water partition coefficient (Wildman–Crippen LogP) is 0.598. The van der Waals surface area contributed by atoms with Gasteiger partial charge in [0.25, 0.3) is 11.1 Å². The first-order chi connectivity index (χ1) is 30.4. The lowest BCUT2D eigenvalue weighted by molar-refractivity contribution is 0.425. The number of sulfone groups is 2. The molecule has 6 aromatic rings. The van der Waals surface area contributed by atoms with Gasteiger partial charge in [0.05, 0.1) is 13.1 Å². The molecular weight excluding hydrogens is 992 g/mol. The first-order valence-electron chi connectivity index (χ1n) is 19.7. The second-order valence-corrected chi connectivity index (χ2v) is 20.4. The van der Waals surface area contributed by atoms with Gasteiger partial charge in [0.15, 0.2) is 22.3 Å². The van der Waals surface area contributed by atoms with Crippen LogP contribution in [-0.2, 0) is 61.0 Å². The molecule has 0 aliphatic heterocycles. The summed E-state index contributed by atoms with van der Waals surface area (Å²) < 4.78 is 55.1. The molecule has 0 amide bonds. The molecule has 23 heteroatoms. The zero-order valence-corrected chi connectivity index (χ0v) is 41.7. The highest BCUT2D eigenvalue weighted by molar-refractivity contribution is 14.1. The summed E-state index contributed by atoms with van der Waals surface area (Å²) in [5.41, 5.74) is 0.410. The largest absolute Gasteiger partial charge is 0.384 e. The minimum Gasteiger partial charge on any atom is -0.384 e. The van der Waals surface area contributed by atoms with Crippen molar-refractivity contribution in [1.29, 1.82) is 0 Å². The summed E-state index contributed by atoms with van der Waals surface area (Å²) in [7, 11) is 6.30. The molecule has 0 unspecified atom stereocenters. The van der Waals surface area contributed by atoms with Gasteiger partial charge in [-0.3, -0.25) is 27.9 Å². The van der Waals surface area contributed by atoms with Gasteiger partial charge in [-0.2, -0.15) is 9.97 Å². The fourth-order valence-corrected chi connectivity index (χ4v) is 8.46. The maximum atomic E-state index is 12.7. The number of benzene rings is 2. The third kappa shape index (κ3) is 12.8. The van der Waals surface area contributed by atoms with Crippen LogP contribution in [0.25, 0.3) is 22.3 Å². The molecule has 0 bridgehead atoms. The van der Waals surface area contributed by atoms with E-state index in [1.54, 1.807) is 0 Å². The quantitative estimate of drug-likeness (QED) is 0.127. The van der Waals surface area contributed by atoms with Crippen LogP contribution in [0.5, 0.6) is 0 Å². The number of hydrogen-bond donors (Lipinski definition) is 2. The first kappa shape index (κ1) is 51.6. The number of halogens is 1. The fraction of sp³-hybridized carbons (Fsp3) is 0.381. The molecule has 0 spiro atoms. The minimum atomic E-state index is -3.69. The number of aryl methyl sites for hydroxylation is 2. The third-order valence-electron chi connectivity index (χ3n) is 9.48. The summed E-state index contributed by atoms with van der Waals surface area (Å²) in [6.45, 7) is 3.57. The highest BCUT2D eigenvalue weighted by Crippen LogP contribution is 2.16. The van der Waals surface area contributed by atoms with Crippen molar-refractivity contribution in [2.24, 2.45) is 28.2 Å². The molecule has 0 atom stereocenters. The normalized spacial score (nSPS) is 11.4. The predicted molar refractivity (Wildman–Crippen MR) is 262 cm³/mol. The fourth-order valence-electron chi connectivity index (χ4n) is 6.23. The van der Waals surface area contributed by atoms with Gasteiger partial charge < -0.3 is 29.6 Å². The molecule has 2 aromatic carbocycles. The van der Waals surface area contributed by atoms with Gasteiger partial charge >= 0.3 is 11.4 Å². The molecule has 0 saturated heterocycles. The Morgan fingerprint density at radius 3 is 1.51 bits per heavy atom. The van der Waals surface area contributed by atoms with Gasteiger partial charge in [-0.1, -0.05) is 29.9 Å². The minimum absolute atomic E-state index is 0.00516. The highest BCUT2D eigenvalue weighted by atomic mass is 127. The van der Waals surface area contributed by atoms with Crippen molar-refractivity contribution in [1.82, 2.24) is 47.2 Å². The van der Waals surface area contributed by atoms with Gasteiger partial charge in [0.1, 0.15) is 0 Å². The van der Waals surface area contributed by atoms with Crippen LogP contribution in [0.1, 0.15) is 5.56 Å². The molecule has 4 heterocycles. The summed E-state index contributed by atoms with van der Waals surface area (Å²) >= 11 is 2.32. The lowest BCUT2D eigenvalue weighted by Crippen LogP contribution is -2.38. The van der Waals surface area contributed by atoms with Crippen LogP contribution in [0.15, 0.2) is 78.0 Å². The Kier molecular flexibility index (Phi) is 17.3. The SMILES string of the molecule is C#CCn1c(=O)n(C)c(=O)c2c1nc(S(C)(=O)=O)n2C.CN(C)CCNc1cccc(C#CCn2c(=O)n(C)c(=O)c3c2nc(S(C)(=O)=O)n3C)c1.CN(C)CCNc1cccc(I)c1. The number of rotatable bonds is 12. The van der Waals surface area contributed by atoms with Crippen molar-refractivity contribution in [2.45, 2.75) is 23.4 Å². The third-order valence-corrected chi connectivity index (χ3v) is 12.2. The molecule has 348 valence electrons. The van der Waals surface area contributed by atoms with Gasteiger partial charge in [0.2, 0.25) is 30.0 Å². The Labute approximate surface area is 390 Å². The number of nitrogens with one attached hydrogen (secondary N) is 2. The van der Waals surface area contributed by atoms with Crippen molar-refractivity contribution in [2.75, 3.05) is 77.5 Å². The Morgan fingerprint density at radius 1 is 0.662 bits per heavy atom. The average molecular weight is 1040 g/mol. The second-order valence-electron chi connectivity index (χ2n) is 15.3. The Balaban J connectivity index is 0.000000238. The molecule has 0 fully saturated rings. The number of anilines is 2. The lowest BCUT2D eigenvalue weighted by Gasteiger charge is -2.11. The van der Waals surface area contributed by atoms with Crippen LogP contribution in [-0.4, -0.2) is 131 Å². The van der Waals surface area contributed by atoms with E-state index in [4.69, 9.17) is 6.42 Å². The van der Waals surface area contributed by atoms with Gasteiger partial charge in [-0.05, 0) is 87.2 Å². The molecule has 2 N–H and O–H groups in total. The van der Waals surface area contributed by atoms with Crippen molar-refractivity contribution < 1.29 is 16.8 Å². The van der Waals surface area contributed by atoms with E-state index in [0.29, 0.717) is 0 Å². The first-order valence-corrected chi connectivity index (χ1v) is 24.5. The van der Waals surface area contributed by atoms with E-state index in [0.717, 1.165) is 68.2 Å². The highest BCUT2D eigenvalue weighted by Gasteiger charge is 2.24. The number of likely N-dealkylation sites (N-methyl/N-ethyl adjacent to an activating group) is 2. The molecule has 0 saturated carbocycles. The maximum Gasteiger partial charge on any atom is 0.333 e. The van der Waals surface area contributed by atoms with Crippen LogP contribution in [0.4, 0.5) is 11.4 Å². The summed E-state index contributed by atoms with van der Waals surface area (Å²) in [5, 5.41) is 6.12. The Hall–Kier alpha value is -5.99. The monoisotopic (exact) mass is 1040 g/mol. The van der Waals surface area contributed by atoms with E-state index < -0.39 is 42.2 Å². The molecule has 0 aliphatic rings. The van der Waals surface area contributed by atoms with Crippen LogP contribution in [0.3, 0.4) is 0 Å². The van der Waals surface area contributed by atoms with Crippen molar-refractivity contribution in [3.8, 4) is 24.2 Å². The number of fused-ring (bicyclic) bond motifs is 2. The summed E-state index contributed by atoms with van der Waals surface area (Å²) in [6.07, 6.45) is 7.16. The standard InChI is InChI=1S/C21H26N6O4S.C11H12N4O4S.C10H15IN2/c1-24(2)13-11-22-16-10-6-8-15(14-16)9-7-12-27-18-17(19(28)26(4)21(27)29)25(3)20(23-18)32(5,30)31;1-5-6-15-8-7(9(16)14(3)11(15)17)13(2)10(12-8)20(4,18)19;1-13(2)7-6-12-10-5-3-4-9(11)8-10/h6,8,10,14,22H,11-13H2,1-5H3;1H,6H2,2-4H3;3-5,8,12H,6-7H2,1-2H3. The Bertz CT molecular complexity index is 3310. The molecule has 0 aliphatic carbocycles. The van der Waals surface area contributed by atoms with E-state index in [1.165, 1.54) is 46.6 Å². The Morgan fingerprint density at radius 2 is 1.09 bits per heavy atom. The van der Waals surface area contributed by atoms with E-state index in [-0.39, 0.29) is 45.7 Å². The summed E-state index contributed by atoms with van der Waals surface area (Å²) in [6, 6.07) is 16.0. The maximum absolute atomic E-state index is 12.7. The van der Waals surface area contributed by atoms with E-state index in [9.17, 15) is 36.0 Å².